The van der Waals surface area contributed by atoms with Gasteiger partial charge in [0.05, 0.1) is 16.2 Å². The van der Waals surface area contributed by atoms with Crippen LogP contribution < -0.4 is 0 Å². The van der Waals surface area contributed by atoms with E-state index in [0.29, 0.717) is 0 Å². The van der Waals surface area contributed by atoms with E-state index in [0.717, 1.165) is 0 Å². The number of Topliss-reactive ketones (excluding diaryl/α,β-unsaturated/α-hetero) is 1. The molecule has 0 heterocycles. The van der Waals surface area contributed by atoms with Crippen LogP contribution >= 0.6 is 0 Å². The summed E-state index contributed by atoms with van der Waals surface area (Å²) in [4.78, 5) is 11.1. The number of carbonyl (C=O) groups excluding carboxylic acids is 1. The highest BCUT2D eigenvalue weighted by molar-refractivity contribution is 7.91. The third-order valence-corrected chi connectivity index (χ3v) is 4.23. The van der Waals surface area contributed by atoms with Crippen molar-refractivity contribution >= 4 is 15.6 Å². The number of hydrogen-bond donors (Lipinski definition) is 1. The molecule has 94 valence electrons. The minimum Gasteiger partial charge on any atom is -0.389 e. The fourth-order valence-electron chi connectivity index (χ4n) is 1.71. The highest BCUT2D eigenvalue weighted by Crippen LogP contribution is 2.19. The summed E-state index contributed by atoms with van der Waals surface area (Å²) in [5.41, 5.74) is -1.53. The van der Waals surface area contributed by atoms with Crippen LogP contribution in [-0.4, -0.2) is 30.7 Å². The normalized spacial score (nSPS) is 15.2. The Morgan fingerprint density at radius 1 is 1.29 bits per heavy atom. The van der Waals surface area contributed by atoms with E-state index >= 15 is 0 Å². The number of sulfone groups is 1. The summed E-state index contributed by atoms with van der Waals surface area (Å²) in [5, 5.41) is 9.88. The standard InChI is InChI=1S/C12H16O4S/c1-10(13)8-12(2,14)9-17(15,16)11-6-4-3-5-7-11/h3-7,14H,8-9H2,1-2H3. The predicted octanol–water partition coefficient (Wildman–Crippen LogP) is 1.19. The summed E-state index contributed by atoms with van der Waals surface area (Å²) in [7, 11) is -3.57. The van der Waals surface area contributed by atoms with Gasteiger partial charge in [-0.1, -0.05) is 18.2 Å². The Hall–Kier alpha value is -1.20. The molecule has 0 aliphatic heterocycles. The Kier molecular flexibility index (Phi) is 4.06. The molecule has 1 unspecified atom stereocenters. The van der Waals surface area contributed by atoms with Gasteiger partial charge in [-0.2, -0.15) is 0 Å². The molecule has 0 radical (unpaired) electrons. The van der Waals surface area contributed by atoms with E-state index < -0.39 is 21.2 Å². The van der Waals surface area contributed by atoms with E-state index in [1.54, 1.807) is 18.2 Å². The van der Waals surface area contributed by atoms with Crippen molar-refractivity contribution in [2.75, 3.05) is 5.75 Å². The van der Waals surface area contributed by atoms with Crippen molar-refractivity contribution in [3.05, 3.63) is 30.3 Å². The highest BCUT2D eigenvalue weighted by Gasteiger charge is 2.30. The molecule has 0 spiro atoms. The van der Waals surface area contributed by atoms with Crippen molar-refractivity contribution in [1.82, 2.24) is 0 Å². The predicted molar refractivity (Wildman–Crippen MR) is 64.4 cm³/mol. The van der Waals surface area contributed by atoms with Crippen molar-refractivity contribution in [2.24, 2.45) is 0 Å². The van der Waals surface area contributed by atoms with Crippen molar-refractivity contribution in [3.63, 3.8) is 0 Å². The van der Waals surface area contributed by atoms with Crippen molar-refractivity contribution in [2.45, 2.75) is 30.8 Å². The molecule has 1 rings (SSSR count). The smallest absolute Gasteiger partial charge is 0.181 e. The lowest BCUT2D eigenvalue weighted by molar-refractivity contribution is -0.120. The molecule has 1 N–H and O–H groups in total. The van der Waals surface area contributed by atoms with Crippen LogP contribution in [0.3, 0.4) is 0 Å². The molecule has 0 bridgehead atoms. The third-order valence-electron chi connectivity index (χ3n) is 2.23. The lowest BCUT2D eigenvalue weighted by Crippen LogP contribution is -2.35. The summed E-state index contributed by atoms with van der Waals surface area (Å²) in [6, 6.07) is 7.89. The molecular weight excluding hydrogens is 240 g/mol. The summed E-state index contributed by atoms with van der Waals surface area (Å²) in [6.45, 7) is 2.68. The van der Waals surface area contributed by atoms with Gasteiger partial charge in [-0.25, -0.2) is 8.42 Å². The first-order valence-corrected chi connectivity index (χ1v) is 6.88. The number of carbonyl (C=O) groups is 1. The van der Waals surface area contributed by atoms with Crippen LogP contribution in [0.15, 0.2) is 35.2 Å². The summed E-state index contributed by atoms with van der Waals surface area (Å²) in [5.74, 6) is -0.692. The molecule has 17 heavy (non-hydrogen) atoms. The first kappa shape index (κ1) is 13.9. The fourth-order valence-corrected chi connectivity index (χ4v) is 3.37. The molecule has 0 aliphatic carbocycles. The Morgan fingerprint density at radius 3 is 2.29 bits per heavy atom. The summed E-state index contributed by atoms with van der Waals surface area (Å²) >= 11 is 0. The average molecular weight is 256 g/mol. The minimum atomic E-state index is -3.57. The molecule has 0 saturated carbocycles. The van der Waals surface area contributed by atoms with Crippen LogP contribution in [0.25, 0.3) is 0 Å². The lowest BCUT2D eigenvalue weighted by atomic mass is 10.0. The number of rotatable bonds is 5. The van der Waals surface area contributed by atoms with Crippen molar-refractivity contribution in [3.8, 4) is 0 Å². The van der Waals surface area contributed by atoms with Gasteiger partial charge in [0.1, 0.15) is 5.78 Å². The van der Waals surface area contributed by atoms with Gasteiger partial charge < -0.3 is 5.11 Å². The molecule has 4 nitrogen and oxygen atoms in total. The first-order valence-electron chi connectivity index (χ1n) is 5.23. The molecule has 0 saturated heterocycles. The molecule has 0 fully saturated rings. The largest absolute Gasteiger partial charge is 0.389 e. The van der Waals surface area contributed by atoms with Gasteiger partial charge in [0, 0.05) is 6.42 Å². The summed E-state index contributed by atoms with van der Waals surface area (Å²) in [6.07, 6.45) is -0.168. The van der Waals surface area contributed by atoms with E-state index in [1.807, 2.05) is 0 Å². The lowest BCUT2D eigenvalue weighted by Gasteiger charge is -2.21. The molecule has 0 aliphatic rings. The Labute approximate surface area is 101 Å². The Bertz CT molecular complexity index is 488. The maximum Gasteiger partial charge on any atom is 0.181 e. The van der Waals surface area contributed by atoms with E-state index in [2.05, 4.69) is 0 Å². The quantitative estimate of drug-likeness (QED) is 0.859. The van der Waals surface area contributed by atoms with E-state index in [-0.39, 0.29) is 17.1 Å². The van der Waals surface area contributed by atoms with E-state index in [9.17, 15) is 18.3 Å². The Morgan fingerprint density at radius 2 is 1.82 bits per heavy atom. The second kappa shape index (κ2) is 4.98. The number of benzene rings is 1. The van der Waals surface area contributed by atoms with Crippen LogP contribution in [0.4, 0.5) is 0 Å². The first-order chi connectivity index (χ1) is 7.73. The van der Waals surface area contributed by atoms with E-state index in [1.165, 1.54) is 26.0 Å². The van der Waals surface area contributed by atoms with Crippen LogP contribution in [-0.2, 0) is 14.6 Å². The van der Waals surface area contributed by atoms with Gasteiger partial charge in [0.25, 0.3) is 0 Å². The number of hydrogen-bond acceptors (Lipinski definition) is 4. The molecular formula is C12H16O4S. The highest BCUT2D eigenvalue weighted by atomic mass is 32.2. The summed E-state index contributed by atoms with van der Waals surface area (Å²) < 4.78 is 23.9. The monoisotopic (exact) mass is 256 g/mol. The zero-order chi connectivity index (χ0) is 13.1. The molecule has 0 aromatic heterocycles. The number of ketones is 1. The van der Waals surface area contributed by atoms with E-state index in [4.69, 9.17) is 0 Å². The van der Waals surface area contributed by atoms with Crippen LogP contribution in [0.1, 0.15) is 20.3 Å². The van der Waals surface area contributed by atoms with Gasteiger partial charge >= 0.3 is 0 Å². The molecule has 1 atom stereocenters. The topological polar surface area (TPSA) is 71.4 Å². The molecule has 1 aromatic rings. The Balaban J connectivity index is 2.91. The van der Waals surface area contributed by atoms with Gasteiger partial charge in [0.2, 0.25) is 0 Å². The van der Waals surface area contributed by atoms with Gasteiger partial charge in [-0.05, 0) is 26.0 Å². The van der Waals surface area contributed by atoms with Gasteiger partial charge in [0.15, 0.2) is 9.84 Å². The van der Waals surface area contributed by atoms with Crippen molar-refractivity contribution in [1.29, 1.82) is 0 Å². The maximum atomic E-state index is 12.0. The zero-order valence-electron chi connectivity index (χ0n) is 9.88. The SMILES string of the molecule is CC(=O)CC(C)(O)CS(=O)(=O)c1ccccc1. The maximum absolute atomic E-state index is 12.0. The average Bonchev–Trinajstić information content (AvgIpc) is 2.15. The van der Waals surface area contributed by atoms with Gasteiger partial charge in [-0.3, -0.25) is 4.79 Å². The molecule has 0 amide bonds. The van der Waals surface area contributed by atoms with Crippen LogP contribution in [0.2, 0.25) is 0 Å². The number of aliphatic hydroxyl groups is 1. The second-order valence-electron chi connectivity index (χ2n) is 4.45. The van der Waals surface area contributed by atoms with Crippen molar-refractivity contribution < 1.29 is 18.3 Å². The third kappa shape index (κ3) is 4.28. The zero-order valence-corrected chi connectivity index (χ0v) is 10.7. The molecule has 5 heteroatoms. The van der Waals surface area contributed by atoms with Crippen LogP contribution in [0, 0.1) is 0 Å². The minimum absolute atomic E-state index is 0.156. The molecule has 1 aromatic carbocycles. The van der Waals surface area contributed by atoms with Gasteiger partial charge in [-0.15, -0.1) is 0 Å². The second-order valence-corrected chi connectivity index (χ2v) is 6.44. The fraction of sp³-hybridized carbons (Fsp3) is 0.417. The van der Waals surface area contributed by atoms with Crippen LogP contribution in [0.5, 0.6) is 0 Å².